The average Bonchev–Trinajstić information content (AvgIpc) is 2.64. The first kappa shape index (κ1) is 18.4. The maximum atomic E-state index is 12.8. The molecule has 1 fully saturated rings. The highest BCUT2D eigenvalue weighted by Gasteiger charge is 2.18. The summed E-state index contributed by atoms with van der Waals surface area (Å²) in [5.41, 5.74) is 4.64. The Morgan fingerprint density at radius 2 is 1.88 bits per heavy atom. The van der Waals surface area contributed by atoms with Gasteiger partial charge < -0.3 is 15.1 Å². The molecule has 1 aromatic carbocycles. The molecular formula is C21H28N4O. The molecule has 0 radical (unpaired) electrons. The maximum Gasteiger partial charge on any atom is 0.274 e. The van der Waals surface area contributed by atoms with Crippen LogP contribution in [0.4, 0.5) is 11.4 Å². The monoisotopic (exact) mass is 352 g/mol. The number of para-hydroxylation sites is 1. The van der Waals surface area contributed by atoms with Crippen molar-refractivity contribution in [2.45, 2.75) is 26.7 Å². The molecule has 0 atom stereocenters. The van der Waals surface area contributed by atoms with Gasteiger partial charge in [0, 0.05) is 43.8 Å². The number of anilines is 2. The first-order valence-corrected chi connectivity index (χ1v) is 9.26. The summed E-state index contributed by atoms with van der Waals surface area (Å²) >= 11 is 0. The summed E-state index contributed by atoms with van der Waals surface area (Å²) in [6, 6.07) is 10.0. The van der Waals surface area contributed by atoms with Gasteiger partial charge in [-0.3, -0.25) is 9.78 Å². The molecule has 1 amide bonds. The largest absolute Gasteiger partial charge is 0.369 e. The van der Waals surface area contributed by atoms with Crippen molar-refractivity contribution in [1.29, 1.82) is 0 Å². The highest BCUT2D eigenvalue weighted by atomic mass is 16.1. The van der Waals surface area contributed by atoms with Gasteiger partial charge in [-0.1, -0.05) is 32.0 Å². The van der Waals surface area contributed by atoms with Crippen molar-refractivity contribution < 1.29 is 4.79 Å². The van der Waals surface area contributed by atoms with Gasteiger partial charge in [0.05, 0.1) is 0 Å². The van der Waals surface area contributed by atoms with Gasteiger partial charge in [-0.2, -0.15) is 0 Å². The lowest BCUT2D eigenvalue weighted by Crippen LogP contribution is -2.44. The van der Waals surface area contributed by atoms with Gasteiger partial charge in [-0.15, -0.1) is 0 Å². The van der Waals surface area contributed by atoms with Gasteiger partial charge in [0.1, 0.15) is 5.69 Å². The van der Waals surface area contributed by atoms with Crippen LogP contribution >= 0.6 is 0 Å². The average molecular weight is 352 g/mol. The molecule has 2 heterocycles. The van der Waals surface area contributed by atoms with E-state index in [9.17, 15) is 4.79 Å². The van der Waals surface area contributed by atoms with Crippen LogP contribution < -0.4 is 10.2 Å². The number of nitrogens with one attached hydrogen (secondary N) is 1. The van der Waals surface area contributed by atoms with Crippen LogP contribution in [0.1, 0.15) is 41.4 Å². The van der Waals surface area contributed by atoms with Crippen LogP contribution in [0.5, 0.6) is 0 Å². The fraction of sp³-hybridized carbons (Fsp3) is 0.429. The van der Waals surface area contributed by atoms with Gasteiger partial charge in [0.25, 0.3) is 5.91 Å². The van der Waals surface area contributed by atoms with Crippen LogP contribution in [0.25, 0.3) is 0 Å². The topological polar surface area (TPSA) is 48.5 Å². The molecule has 0 bridgehead atoms. The summed E-state index contributed by atoms with van der Waals surface area (Å²) in [4.78, 5) is 21.8. The van der Waals surface area contributed by atoms with E-state index in [0.29, 0.717) is 11.6 Å². The van der Waals surface area contributed by atoms with Crippen LogP contribution in [0.3, 0.4) is 0 Å². The zero-order chi connectivity index (χ0) is 18.7. The number of aromatic nitrogens is 1. The molecule has 2 aromatic rings. The number of pyridine rings is 1. The van der Waals surface area contributed by atoms with Crippen LogP contribution in [-0.2, 0) is 0 Å². The van der Waals surface area contributed by atoms with E-state index in [1.165, 1.54) is 0 Å². The first-order valence-electron chi connectivity index (χ1n) is 9.26. The zero-order valence-corrected chi connectivity index (χ0v) is 16.1. The van der Waals surface area contributed by atoms with Crippen molar-refractivity contribution in [2.24, 2.45) is 0 Å². The van der Waals surface area contributed by atoms with Crippen molar-refractivity contribution >= 4 is 17.3 Å². The summed E-state index contributed by atoms with van der Waals surface area (Å²) in [7, 11) is 2.14. The quantitative estimate of drug-likeness (QED) is 0.915. The Labute approximate surface area is 156 Å². The highest BCUT2D eigenvalue weighted by Crippen LogP contribution is 2.28. The van der Waals surface area contributed by atoms with E-state index >= 15 is 0 Å². The minimum Gasteiger partial charge on any atom is -0.369 e. The number of likely N-dealkylation sites (N-methyl/N-ethyl adjacent to an activating group) is 1. The maximum absolute atomic E-state index is 12.8. The lowest BCUT2D eigenvalue weighted by molar-refractivity contribution is 0.102. The van der Waals surface area contributed by atoms with Crippen molar-refractivity contribution in [2.75, 3.05) is 43.4 Å². The fourth-order valence-electron chi connectivity index (χ4n) is 3.32. The normalized spacial score (nSPS) is 15.3. The lowest BCUT2D eigenvalue weighted by Gasteiger charge is -2.34. The second kappa shape index (κ2) is 7.87. The van der Waals surface area contributed by atoms with Crippen LogP contribution in [0.2, 0.25) is 0 Å². The molecule has 1 aliphatic heterocycles. The summed E-state index contributed by atoms with van der Waals surface area (Å²) in [5, 5.41) is 3.09. The van der Waals surface area contributed by atoms with Crippen molar-refractivity contribution in [3.8, 4) is 0 Å². The molecule has 138 valence electrons. The minimum atomic E-state index is -0.155. The molecule has 1 saturated heterocycles. The Balaban J connectivity index is 1.80. The molecule has 0 aliphatic carbocycles. The van der Waals surface area contributed by atoms with Crippen LogP contribution in [0.15, 0.2) is 36.5 Å². The Bertz CT molecular complexity index is 779. The summed E-state index contributed by atoms with van der Waals surface area (Å²) < 4.78 is 0. The molecule has 26 heavy (non-hydrogen) atoms. The summed E-state index contributed by atoms with van der Waals surface area (Å²) in [5.74, 6) is 0.187. The van der Waals surface area contributed by atoms with E-state index in [0.717, 1.165) is 48.7 Å². The molecule has 3 rings (SSSR count). The molecule has 5 heteroatoms. The number of benzene rings is 1. The molecule has 5 nitrogen and oxygen atoms in total. The van der Waals surface area contributed by atoms with Crippen molar-refractivity contribution in [1.82, 2.24) is 9.88 Å². The molecule has 0 unspecified atom stereocenters. The number of carbonyl (C=O) groups is 1. The van der Waals surface area contributed by atoms with Crippen LogP contribution in [-0.4, -0.2) is 49.0 Å². The van der Waals surface area contributed by atoms with Gasteiger partial charge in [-0.25, -0.2) is 0 Å². The van der Waals surface area contributed by atoms with E-state index in [4.69, 9.17) is 0 Å². The first-order chi connectivity index (χ1) is 12.5. The Hall–Kier alpha value is -2.40. The number of amides is 1. The Kier molecular flexibility index (Phi) is 5.57. The van der Waals surface area contributed by atoms with E-state index < -0.39 is 0 Å². The van der Waals surface area contributed by atoms with Crippen molar-refractivity contribution in [3.05, 3.63) is 53.3 Å². The van der Waals surface area contributed by atoms with Gasteiger partial charge in [-0.05, 0) is 43.1 Å². The smallest absolute Gasteiger partial charge is 0.274 e. The Morgan fingerprint density at radius 3 is 2.58 bits per heavy atom. The standard InChI is InChI=1S/C21H28N4O/c1-15(2)18-7-5-6-16(3)20(18)23-21(26)19-14-17(8-9-22-19)25-12-10-24(4)11-13-25/h5-9,14-15H,10-13H2,1-4H3,(H,23,26). The highest BCUT2D eigenvalue weighted by molar-refractivity contribution is 6.04. The zero-order valence-electron chi connectivity index (χ0n) is 16.1. The summed E-state index contributed by atoms with van der Waals surface area (Å²) in [6.45, 7) is 10.3. The number of piperazine rings is 1. The molecular weight excluding hydrogens is 324 g/mol. The molecule has 1 N–H and O–H groups in total. The van der Waals surface area contributed by atoms with Gasteiger partial charge >= 0.3 is 0 Å². The van der Waals surface area contributed by atoms with E-state index in [-0.39, 0.29) is 5.91 Å². The lowest BCUT2D eigenvalue weighted by atomic mass is 9.98. The summed E-state index contributed by atoms with van der Waals surface area (Å²) in [6.07, 6.45) is 1.73. The predicted molar refractivity (Wildman–Crippen MR) is 107 cm³/mol. The van der Waals surface area contributed by atoms with Crippen molar-refractivity contribution in [3.63, 3.8) is 0 Å². The molecule has 0 spiro atoms. The van der Waals surface area contributed by atoms with Gasteiger partial charge in [0.2, 0.25) is 0 Å². The number of aryl methyl sites for hydroxylation is 1. The Morgan fingerprint density at radius 1 is 1.15 bits per heavy atom. The SMILES string of the molecule is Cc1cccc(C(C)C)c1NC(=O)c1cc(N2CCN(C)CC2)ccn1. The van der Waals surface area contributed by atoms with Gasteiger partial charge in [0.15, 0.2) is 0 Å². The number of nitrogens with zero attached hydrogens (tertiary/aromatic N) is 3. The van der Waals surface area contributed by atoms with Crippen LogP contribution in [0, 0.1) is 6.92 Å². The predicted octanol–water partition coefficient (Wildman–Crippen LogP) is 3.52. The van der Waals surface area contributed by atoms with E-state index in [1.807, 2.05) is 31.2 Å². The third-order valence-electron chi connectivity index (χ3n) is 5.01. The number of hydrogen-bond donors (Lipinski definition) is 1. The third kappa shape index (κ3) is 4.05. The van der Waals surface area contributed by atoms with E-state index in [1.54, 1.807) is 6.20 Å². The second-order valence-electron chi connectivity index (χ2n) is 7.34. The molecule has 1 aromatic heterocycles. The molecule has 0 saturated carbocycles. The fourth-order valence-corrected chi connectivity index (χ4v) is 3.32. The number of hydrogen-bond acceptors (Lipinski definition) is 4. The minimum absolute atomic E-state index is 0.155. The second-order valence-corrected chi connectivity index (χ2v) is 7.34. The number of carbonyl (C=O) groups excluding carboxylic acids is 1. The van der Waals surface area contributed by atoms with E-state index in [2.05, 4.69) is 47.1 Å². The number of rotatable bonds is 4. The molecule has 1 aliphatic rings. The third-order valence-corrected chi connectivity index (χ3v) is 5.01.